The van der Waals surface area contributed by atoms with Crippen molar-refractivity contribution in [2.45, 2.75) is 183 Å². The number of phenols is 2. The monoisotopic (exact) mass is 1190 g/mol. The highest BCUT2D eigenvalue weighted by Gasteiger charge is 2.55. The third-order valence-corrected chi connectivity index (χ3v) is 20.6. The van der Waals surface area contributed by atoms with Crippen molar-refractivity contribution in [1.29, 1.82) is 0 Å². The van der Waals surface area contributed by atoms with Gasteiger partial charge in [-0.3, -0.25) is 10.6 Å². The molecule has 14 heteroatoms. The zero-order valence-corrected chi connectivity index (χ0v) is 51.5. The van der Waals surface area contributed by atoms with Crippen molar-refractivity contribution in [1.82, 2.24) is 26.3 Å². The molecule has 3 aliphatic heterocycles. The van der Waals surface area contributed by atoms with Gasteiger partial charge < -0.3 is 60.1 Å². The Morgan fingerprint density at radius 2 is 1.58 bits per heavy atom. The second kappa shape index (κ2) is 26.6. The molecule has 6 aromatic rings. The molecule has 4 heterocycles. The molecule has 1 aromatic heterocycles. The van der Waals surface area contributed by atoms with Gasteiger partial charge in [-0.15, -0.1) is 0 Å². The number of benzene rings is 5. The number of aromatic hydroxyl groups is 2. The van der Waals surface area contributed by atoms with Crippen LogP contribution >= 0.6 is 0 Å². The van der Waals surface area contributed by atoms with Gasteiger partial charge in [-0.25, -0.2) is 0 Å². The second-order valence-corrected chi connectivity index (χ2v) is 26.9. The molecule has 4 aliphatic carbocycles. The van der Waals surface area contributed by atoms with Crippen molar-refractivity contribution in [3.8, 4) is 51.7 Å². The number of rotatable bonds is 21. The molecule has 0 saturated heterocycles. The fourth-order valence-corrected chi connectivity index (χ4v) is 16.3. The third kappa shape index (κ3) is 12.2. The fraction of sp³-hybridized carbons (Fsp3) is 0.514. The van der Waals surface area contributed by atoms with E-state index in [1.54, 1.807) is 6.07 Å². The molecule has 2 bridgehead atoms. The van der Waals surface area contributed by atoms with Gasteiger partial charge in [-0.1, -0.05) is 113 Å². The molecule has 0 spiro atoms. The number of aromatic nitrogens is 1. The van der Waals surface area contributed by atoms with Crippen LogP contribution in [0.25, 0.3) is 28.1 Å². The van der Waals surface area contributed by atoms with E-state index >= 15 is 0 Å². The Bertz CT molecular complexity index is 3520. The molecular weight excluding hydrogens is 1100 g/mol. The zero-order chi connectivity index (χ0) is 60.4. The highest BCUT2D eigenvalue weighted by Crippen LogP contribution is 2.62. The van der Waals surface area contributed by atoms with Crippen molar-refractivity contribution in [2.75, 3.05) is 46.2 Å². The molecule has 2 fully saturated rings. The summed E-state index contributed by atoms with van der Waals surface area (Å²) in [5.74, 6) is 9.27. The first-order chi connectivity index (χ1) is 43.0. The summed E-state index contributed by atoms with van der Waals surface area (Å²) in [7, 11) is 0. The van der Waals surface area contributed by atoms with Crippen LogP contribution in [0.2, 0.25) is 0 Å². The smallest absolute Gasteiger partial charge is 0.161 e. The van der Waals surface area contributed by atoms with Gasteiger partial charge in [-0.05, 0) is 175 Å². The number of phenolic OH excluding ortho intramolecular Hbond substituents is 2. The van der Waals surface area contributed by atoms with Crippen LogP contribution in [0.5, 0.6) is 28.7 Å². The van der Waals surface area contributed by atoms with Crippen LogP contribution in [0.3, 0.4) is 0 Å². The first kappa shape index (κ1) is 60.5. The highest BCUT2D eigenvalue weighted by atomic mass is 16.6. The number of aryl methyl sites for hydroxylation is 1. The highest BCUT2D eigenvalue weighted by molar-refractivity contribution is 5.90. The van der Waals surface area contributed by atoms with Crippen molar-refractivity contribution in [2.24, 2.45) is 11.8 Å². The number of hydrogen-bond acceptors (Lipinski definition) is 13. The third-order valence-electron chi connectivity index (χ3n) is 20.6. The Hall–Kier alpha value is -6.38. The SMILES string of the molecule is CC(C)C[C@@](O)(CNCN[C@H]1C#CC[C@@H](CO)Oc2cc(ccc2O)[C@H]2Oc3c(c4c(c5c3CC[C@@H](CO)O5)-c3ccc(O)c5c3[C@H](C4)[C@@H](c3ccc4[nH]ccc4c3)C(CNCCCc3ccccc3)=C5)C[C@]12OCNC1CCCCC1)C1CCCCC1. The maximum atomic E-state index is 12.6. The predicted molar refractivity (Wildman–Crippen MR) is 345 cm³/mol. The van der Waals surface area contributed by atoms with E-state index in [1.165, 1.54) is 29.5 Å². The number of ether oxygens (including phenoxy) is 4. The van der Waals surface area contributed by atoms with Gasteiger partial charge in [0, 0.05) is 78.5 Å². The normalized spacial score (nSPS) is 24.8. The molecule has 5 aromatic carbocycles. The number of aromatic amines is 1. The van der Waals surface area contributed by atoms with E-state index in [0.29, 0.717) is 69.1 Å². The van der Waals surface area contributed by atoms with E-state index < -0.39 is 35.6 Å². The molecular formula is C74H91N5O9. The minimum Gasteiger partial charge on any atom is -0.507 e. The first-order valence-corrected chi connectivity index (χ1v) is 33.2. The summed E-state index contributed by atoms with van der Waals surface area (Å²) in [5, 5.41) is 74.5. The lowest BCUT2D eigenvalue weighted by Crippen LogP contribution is -2.62. The molecule has 8 atom stereocenters. The topological polar surface area (TPSA) is 202 Å². The maximum absolute atomic E-state index is 12.6. The molecule has 0 unspecified atom stereocenters. The van der Waals surface area contributed by atoms with Crippen molar-refractivity contribution in [3.63, 3.8) is 0 Å². The standard InChI is InChI=1S/C74H91N5O9/c1-46(2)38-73(84,52-17-8-4-9-18-52)43-76-44-78-66-22-12-21-54(41-80)86-65-36-50(24-29-64(65)83)72-74(66,85-45-79-53-19-10-5-11-20-53)39-61-58-37-60-67(49-23-28-62-48(34-49)31-33-77-62)51(40-75-32-13-16-47-14-6-3-7-15-47)35-59-63(82)30-27-56(68(59)60)69(58)71-57(70(61)88-72)26-25-55(42-81)87-71/h3,6-7,14-15,23-24,27-31,33-36,46,52-55,60,66-67,72,75-84H,4-5,8-11,13,16-21,25-26,32,37-45H2,1-2H3/t54-,55-,60+,66-,67-,72+,73+,74-/m0/s1. The average molecular weight is 1190 g/mol. The van der Waals surface area contributed by atoms with Gasteiger partial charge in [0.05, 0.1) is 25.5 Å². The fourth-order valence-electron chi connectivity index (χ4n) is 16.3. The van der Waals surface area contributed by atoms with Crippen LogP contribution in [0, 0.1) is 23.7 Å². The van der Waals surface area contributed by atoms with Crippen LogP contribution in [0.4, 0.5) is 0 Å². The molecule has 10 N–H and O–H groups in total. The molecule has 0 amide bonds. The average Bonchev–Trinajstić information content (AvgIpc) is 0.721. The summed E-state index contributed by atoms with van der Waals surface area (Å²) in [4.78, 5) is 3.43. The zero-order valence-electron chi connectivity index (χ0n) is 51.5. The Labute approximate surface area is 519 Å². The van der Waals surface area contributed by atoms with E-state index in [9.17, 15) is 25.5 Å². The quantitative estimate of drug-likeness (QED) is 0.0186. The van der Waals surface area contributed by atoms with Crippen molar-refractivity contribution >= 4 is 17.0 Å². The van der Waals surface area contributed by atoms with Gasteiger partial charge in [0.25, 0.3) is 0 Å². The summed E-state index contributed by atoms with van der Waals surface area (Å²) >= 11 is 0. The van der Waals surface area contributed by atoms with Gasteiger partial charge >= 0.3 is 0 Å². The molecule has 0 radical (unpaired) electrons. The molecule has 88 heavy (non-hydrogen) atoms. The lowest BCUT2D eigenvalue weighted by Gasteiger charge is -2.50. The van der Waals surface area contributed by atoms with E-state index in [2.05, 4.69) is 119 Å². The Morgan fingerprint density at radius 1 is 0.784 bits per heavy atom. The van der Waals surface area contributed by atoms with Gasteiger partial charge in [0.15, 0.2) is 17.6 Å². The van der Waals surface area contributed by atoms with Crippen LogP contribution in [0.1, 0.15) is 166 Å². The summed E-state index contributed by atoms with van der Waals surface area (Å²) < 4.78 is 29.2. The maximum Gasteiger partial charge on any atom is 0.161 e. The van der Waals surface area contributed by atoms with Gasteiger partial charge in [0.2, 0.25) is 0 Å². The first-order valence-electron chi connectivity index (χ1n) is 33.2. The van der Waals surface area contributed by atoms with E-state index in [0.717, 1.165) is 126 Å². The molecule has 2 saturated carbocycles. The summed E-state index contributed by atoms with van der Waals surface area (Å²) in [6.45, 7) is 6.30. The lowest BCUT2D eigenvalue weighted by atomic mass is 9.62. The second-order valence-electron chi connectivity index (χ2n) is 26.9. The van der Waals surface area contributed by atoms with E-state index in [1.807, 2.05) is 24.4 Å². The van der Waals surface area contributed by atoms with Crippen LogP contribution < -0.4 is 35.5 Å². The molecule has 7 aliphatic rings. The number of H-pyrrole nitrogens is 1. The Morgan fingerprint density at radius 3 is 2.39 bits per heavy atom. The van der Waals surface area contributed by atoms with Crippen LogP contribution in [-0.4, -0.2) is 112 Å². The number of fused-ring (bicyclic) bond motifs is 12. The minimum absolute atomic E-state index is 0.0608. The van der Waals surface area contributed by atoms with Gasteiger partial charge in [-0.2, -0.15) is 0 Å². The van der Waals surface area contributed by atoms with Crippen molar-refractivity contribution < 1.29 is 44.5 Å². The van der Waals surface area contributed by atoms with Crippen LogP contribution in [0.15, 0.2) is 96.7 Å². The number of aliphatic hydroxyl groups is 3. The minimum atomic E-state index is -1.28. The number of hydrogen-bond donors (Lipinski definition) is 10. The Balaban J connectivity index is 0.965. The summed E-state index contributed by atoms with van der Waals surface area (Å²) in [6.07, 6.45) is 18.2. The van der Waals surface area contributed by atoms with Crippen molar-refractivity contribution in [3.05, 3.63) is 141 Å². The lowest BCUT2D eigenvalue weighted by molar-refractivity contribution is -0.144. The van der Waals surface area contributed by atoms with Gasteiger partial charge in [0.1, 0.15) is 41.1 Å². The number of aliphatic hydroxyl groups excluding tert-OH is 2. The van der Waals surface area contributed by atoms with E-state index in [-0.39, 0.29) is 67.4 Å². The summed E-state index contributed by atoms with van der Waals surface area (Å²) in [6, 6.07) is 28.4. The largest absolute Gasteiger partial charge is 0.507 e. The summed E-state index contributed by atoms with van der Waals surface area (Å²) in [5.41, 5.74) is 10.2. The number of nitrogens with one attached hydrogen (secondary N) is 5. The van der Waals surface area contributed by atoms with Crippen LogP contribution in [-0.2, 0) is 30.4 Å². The predicted octanol–water partition coefficient (Wildman–Crippen LogP) is 11.3. The van der Waals surface area contributed by atoms with E-state index in [4.69, 9.17) is 18.9 Å². The Kier molecular flexibility index (Phi) is 18.3. The molecule has 13 rings (SSSR count). The molecule has 14 nitrogen and oxygen atoms in total. The molecule has 466 valence electrons.